The van der Waals surface area contributed by atoms with Crippen LogP contribution in [0.2, 0.25) is 0 Å². The molecule has 0 aliphatic heterocycles. The van der Waals surface area contributed by atoms with Crippen molar-refractivity contribution in [2.45, 2.75) is 51.9 Å². The Hall–Kier alpha value is -2.09. The molecule has 23 heavy (non-hydrogen) atoms. The van der Waals surface area contributed by atoms with Crippen molar-refractivity contribution in [3.05, 3.63) is 65.2 Å². The van der Waals surface area contributed by atoms with E-state index in [4.69, 9.17) is 5.73 Å². The Kier molecular flexibility index (Phi) is 6.86. The van der Waals surface area contributed by atoms with Crippen molar-refractivity contribution in [3.8, 4) is 0 Å². The van der Waals surface area contributed by atoms with Gasteiger partial charge in [-0.25, -0.2) is 0 Å². The van der Waals surface area contributed by atoms with Gasteiger partial charge in [-0.15, -0.1) is 0 Å². The molecule has 0 amide bonds. The maximum Gasteiger partial charge on any atom is 0.164 e. The van der Waals surface area contributed by atoms with Gasteiger partial charge in [-0.1, -0.05) is 49.7 Å². The van der Waals surface area contributed by atoms with Gasteiger partial charge in [-0.05, 0) is 55.4 Å². The van der Waals surface area contributed by atoms with Crippen LogP contribution in [-0.4, -0.2) is 5.78 Å². The fourth-order valence-electron chi connectivity index (χ4n) is 2.80. The number of benzene rings is 2. The lowest BCUT2D eigenvalue weighted by Crippen LogP contribution is -2.04. The predicted molar refractivity (Wildman–Crippen MR) is 97.8 cm³/mol. The third kappa shape index (κ3) is 5.55. The highest BCUT2D eigenvalue weighted by Crippen LogP contribution is 2.19. The van der Waals surface area contributed by atoms with Crippen LogP contribution >= 0.6 is 0 Å². The van der Waals surface area contributed by atoms with Gasteiger partial charge in [-0.2, -0.15) is 0 Å². The van der Waals surface area contributed by atoms with Crippen LogP contribution in [0.5, 0.6) is 0 Å². The maximum absolute atomic E-state index is 12.1. The van der Waals surface area contributed by atoms with Crippen molar-refractivity contribution in [1.82, 2.24) is 0 Å². The van der Waals surface area contributed by atoms with Crippen LogP contribution in [0.3, 0.4) is 0 Å². The molecule has 2 rings (SSSR count). The van der Waals surface area contributed by atoms with Gasteiger partial charge in [0.2, 0.25) is 0 Å². The number of carbonyl (C=O) groups is 1. The molecule has 0 bridgehead atoms. The average molecular weight is 309 g/mol. The van der Waals surface area contributed by atoms with Gasteiger partial charge < -0.3 is 5.73 Å². The fraction of sp³-hybridized carbons (Fsp3) is 0.381. The average Bonchev–Trinajstić information content (AvgIpc) is 2.57. The molecule has 0 aromatic heterocycles. The Morgan fingerprint density at radius 2 is 1.61 bits per heavy atom. The molecule has 0 unspecified atom stereocenters. The summed E-state index contributed by atoms with van der Waals surface area (Å²) in [5.41, 5.74) is 10.0. The van der Waals surface area contributed by atoms with Gasteiger partial charge in [0, 0.05) is 17.7 Å². The number of rotatable bonds is 9. The van der Waals surface area contributed by atoms with E-state index >= 15 is 0 Å². The van der Waals surface area contributed by atoms with E-state index in [2.05, 4.69) is 43.3 Å². The number of hydrogen-bond donors (Lipinski definition) is 1. The summed E-state index contributed by atoms with van der Waals surface area (Å²) in [5, 5.41) is 0. The molecule has 0 saturated carbocycles. The molecule has 2 aromatic rings. The Morgan fingerprint density at radius 1 is 0.913 bits per heavy atom. The molecule has 2 N–H and O–H groups in total. The summed E-state index contributed by atoms with van der Waals surface area (Å²) in [5.74, 6) is 0.167. The molecule has 2 aromatic carbocycles. The molecular formula is C21H27NO. The molecular weight excluding hydrogens is 282 g/mol. The van der Waals surface area contributed by atoms with Crippen molar-refractivity contribution >= 4 is 11.5 Å². The number of aryl methyl sites for hydroxylation is 2. The standard InChI is InChI=1S/C21H27NO/c1-2-3-13-21(23)19-15-14-18(16-20(19)22)12-8-7-11-17-9-5-4-6-10-17/h4-6,9-10,14-16H,2-3,7-8,11-13,22H2,1H3. The molecule has 122 valence electrons. The highest BCUT2D eigenvalue weighted by atomic mass is 16.1. The molecule has 0 fully saturated rings. The van der Waals surface area contributed by atoms with E-state index in [0.29, 0.717) is 17.7 Å². The summed E-state index contributed by atoms with van der Waals surface area (Å²) < 4.78 is 0. The first-order valence-electron chi connectivity index (χ1n) is 8.66. The lowest BCUT2D eigenvalue weighted by Gasteiger charge is -2.08. The van der Waals surface area contributed by atoms with Gasteiger partial charge in [-0.3, -0.25) is 4.79 Å². The Balaban J connectivity index is 1.82. The van der Waals surface area contributed by atoms with E-state index in [1.54, 1.807) is 0 Å². The topological polar surface area (TPSA) is 43.1 Å². The zero-order valence-corrected chi connectivity index (χ0v) is 14.1. The van der Waals surface area contributed by atoms with E-state index < -0.39 is 0 Å². The molecule has 0 atom stereocenters. The number of nitrogen functional groups attached to an aromatic ring is 1. The first-order chi connectivity index (χ1) is 11.2. The summed E-state index contributed by atoms with van der Waals surface area (Å²) in [4.78, 5) is 12.1. The van der Waals surface area contributed by atoms with Crippen molar-refractivity contribution in [3.63, 3.8) is 0 Å². The zero-order valence-electron chi connectivity index (χ0n) is 14.1. The molecule has 0 aliphatic rings. The summed E-state index contributed by atoms with van der Waals surface area (Å²) in [6, 6.07) is 16.5. The monoisotopic (exact) mass is 309 g/mol. The smallest absolute Gasteiger partial charge is 0.164 e. The van der Waals surface area contributed by atoms with Crippen molar-refractivity contribution in [1.29, 1.82) is 0 Å². The van der Waals surface area contributed by atoms with Gasteiger partial charge in [0.05, 0.1) is 0 Å². The predicted octanol–water partition coefficient (Wildman–Crippen LogP) is 5.21. The number of nitrogens with two attached hydrogens (primary N) is 1. The van der Waals surface area contributed by atoms with Gasteiger partial charge in [0.15, 0.2) is 5.78 Å². The molecule has 0 spiro atoms. The second kappa shape index (κ2) is 9.14. The summed E-state index contributed by atoms with van der Waals surface area (Å²) >= 11 is 0. The van der Waals surface area contributed by atoms with Gasteiger partial charge in [0.25, 0.3) is 0 Å². The van der Waals surface area contributed by atoms with E-state index in [-0.39, 0.29) is 5.78 Å². The van der Waals surface area contributed by atoms with E-state index in [1.165, 1.54) is 17.5 Å². The van der Waals surface area contributed by atoms with Crippen LogP contribution in [-0.2, 0) is 12.8 Å². The molecule has 0 saturated heterocycles. The Bertz CT molecular complexity index is 619. The lowest BCUT2D eigenvalue weighted by atomic mass is 9.99. The second-order valence-corrected chi connectivity index (χ2v) is 6.14. The minimum Gasteiger partial charge on any atom is -0.398 e. The highest BCUT2D eigenvalue weighted by Gasteiger charge is 2.09. The minimum atomic E-state index is 0.167. The van der Waals surface area contributed by atoms with Crippen LogP contribution in [0.4, 0.5) is 5.69 Å². The third-order valence-electron chi connectivity index (χ3n) is 4.20. The van der Waals surface area contributed by atoms with Gasteiger partial charge in [0.1, 0.15) is 0 Å². The van der Waals surface area contributed by atoms with Crippen LogP contribution < -0.4 is 5.73 Å². The summed E-state index contributed by atoms with van der Waals surface area (Å²) in [6.07, 6.45) is 6.99. The Morgan fingerprint density at radius 3 is 2.26 bits per heavy atom. The number of Topliss-reactive ketones (excluding diaryl/α,β-unsaturated/α-hetero) is 1. The minimum absolute atomic E-state index is 0.167. The molecule has 0 heterocycles. The molecule has 2 heteroatoms. The molecule has 0 aliphatic carbocycles. The third-order valence-corrected chi connectivity index (χ3v) is 4.20. The lowest BCUT2D eigenvalue weighted by molar-refractivity contribution is 0.0980. The van der Waals surface area contributed by atoms with Crippen LogP contribution in [0, 0.1) is 0 Å². The fourth-order valence-corrected chi connectivity index (χ4v) is 2.80. The Labute approximate surface area is 139 Å². The number of anilines is 1. The summed E-state index contributed by atoms with van der Waals surface area (Å²) in [7, 11) is 0. The first-order valence-corrected chi connectivity index (χ1v) is 8.66. The second-order valence-electron chi connectivity index (χ2n) is 6.14. The molecule has 0 radical (unpaired) electrons. The van der Waals surface area contributed by atoms with Crippen molar-refractivity contribution in [2.75, 3.05) is 5.73 Å². The van der Waals surface area contributed by atoms with Gasteiger partial charge >= 0.3 is 0 Å². The number of ketones is 1. The van der Waals surface area contributed by atoms with E-state index in [1.807, 2.05) is 12.1 Å². The van der Waals surface area contributed by atoms with Crippen molar-refractivity contribution < 1.29 is 4.79 Å². The molecule has 2 nitrogen and oxygen atoms in total. The van der Waals surface area contributed by atoms with Crippen LogP contribution in [0.15, 0.2) is 48.5 Å². The quantitative estimate of drug-likeness (QED) is 0.392. The normalized spacial score (nSPS) is 10.7. The highest BCUT2D eigenvalue weighted by molar-refractivity contribution is 6.00. The van der Waals surface area contributed by atoms with Crippen LogP contribution in [0.25, 0.3) is 0 Å². The first kappa shape index (κ1) is 17.3. The number of carbonyl (C=O) groups excluding carboxylic acids is 1. The zero-order chi connectivity index (χ0) is 16.5. The maximum atomic E-state index is 12.1. The number of unbranched alkanes of at least 4 members (excludes halogenated alkanes) is 2. The van der Waals surface area contributed by atoms with E-state index in [9.17, 15) is 4.79 Å². The SMILES string of the molecule is CCCCC(=O)c1ccc(CCCCc2ccccc2)cc1N. The number of hydrogen-bond acceptors (Lipinski definition) is 2. The summed E-state index contributed by atoms with van der Waals surface area (Å²) in [6.45, 7) is 2.09. The van der Waals surface area contributed by atoms with E-state index in [0.717, 1.165) is 32.1 Å². The largest absolute Gasteiger partial charge is 0.398 e. The van der Waals surface area contributed by atoms with Crippen molar-refractivity contribution in [2.24, 2.45) is 0 Å². The van der Waals surface area contributed by atoms with Crippen LogP contribution in [0.1, 0.15) is 60.5 Å².